The highest BCUT2D eigenvalue weighted by atomic mass is 35.5. The molecule has 1 aromatic carbocycles. The number of carbonyl (C=O) groups is 1. The molecule has 104 valence electrons. The molecule has 6 nitrogen and oxygen atoms in total. The van der Waals surface area contributed by atoms with E-state index in [0.29, 0.717) is 11.3 Å². The number of aromatic nitrogens is 1. The Balaban J connectivity index is 2.41. The third kappa shape index (κ3) is 2.94. The van der Waals surface area contributed by atoms with E-state index in [1.54, 1.807) is 6.92 Å². The molecule has 0 saturated carbocycles. The maximum Gasteiger partial charge on any atom is 0.350 e. The first-order valence-electron chi connectivity index (χ1n) is 5.61. The summed E-state index contributed by atoms with van der Waals surface area (Å²) in [6.45, 7) is 1.94. The van der Waals surface area contributed by atoms with Crippen molar-refractivity contribution in [1.82, 2.24) is 4.98 Å². The summed E-state index contributed by atoms with van der Waals surface area (Å²) >= 11 is 6.85. The molecule has 0 aliphatic carbocycles. The summed E-state index contributed by atoms with van der Waals surface area (Å²) in [6, 6.07) is 5.73. The molecule has 0 aliphatic heterocycles. The van der Waals surface area contributed by atoms with Crippen LogP contribution in [0, 0.1) is 10.1 Å². The van der Waals surface area contributed by atoms with Gasteiger partial charge in [-0.1, -0.05) is 22.9 Å². The number of non-ortho nitro benzene ring substituents is 1. The van der Waals surface area contributed by atoms with Gasteiger partial charge in [0.15, 0.2) is 4.47 Å². The molecular weight excluding hydrogens is 304 g/mol. The highest BCUT2D eigenvalue weighted by Gasteiger charge is 2.20. The van der Waals surface area contributed by atoms with Crippen molar-refractivity contribution in [3.63, 3.8) is 0 Å². The number of esters is 1. The molecule has 0 spiro atoms. The van der Waals surface area contributed by atoms with Gasteiger partial charge in [-0.2, -0.15) is 0 Å². The number of halogens is 1. The van der Waals surface area contributed by atoms with Crippen molar-refractivity contribution in [2.45, 2.75) is 6.92 Å². The van der Waals surface area contributed by atoms with Gasteiger partial charge in [-0.3, -0.25) is 10.1 Å². The molecule has 0 bridgehead atoms. The smallest absolute Gasteiger partial charge is 0.350 e. The lowest BCUT2D eigenvalue weighted by molar-refractivity contribution is -0.384. The molecule has 0 radical (unpaired) electrons. The summed E-state index contributed by atoms with van der Waals surface area (Å²) in [6.07, 6.45) is 0. The van der Waals surface area contributed by atoms with E-state index in [4.69, 9.17) is 16.3 Å². The molecule has 0 saturated heterocycles. The molecule has 1 heterocycles. The zero-order valence-electron chi connectivity index (χ0n) is 10.3. The zero-order chi connectivity index (χ0) is 14.7. The van der Waals surface area contributed by atoms with Crippen LogP contribution in [0.2, 0.25) is 4.47 Å². The number of benzene rings is 1. The van der Waals surface area contributed by atoms with Gasteiger partial charge in [0.05, 0.1) is 17.2 Å². The molecule has 0 amide bonds. The second-order valence-electron chi connectivity index (χ2n) is 3.67. The van der Waals surface area contributed by atoms with Crippen LogP contribution in [-0.4, -0.2) is 22.5 Å². The Labute approximate surface area is 123 Å². The number of hydrogen-bond acceptors (Lipinski definition) is 6. The fourth-order valence-corrected chi connectivity index (χ4v) is 2.59. The van der Waals surface area contributed by atoms with Crippen molar-refractivity contribution in [2.24, 2.45) is 0 Å². The number of nitrogens with zero attached hydrogens (tertiary/aromatic N) is 2. The van der Waals surface area contributed by atoms with Gasteiger partial charge in [-0.15, -0.1) is 0 Å². The monoisotopic (exact) mass is 312 g/mol. The van der Waals surface area contributed by atoms with Crippen LogP contribution < -0.4 is 0 Å². The van der Waals surface area contributed by atoms with E-state index >= 15 is 0 Å². The van der Waals surface area contributed by atoms with E-state index in [9.17, 15) is 14.9 Å². The first kappa shape index (κ1) is 14.4. The summed E-state index contributed by atoms with van der Waals surface area (Å²) in [7, 11) is 0. The van der Waals surface area contributed by atoms with E-state index in [0.717, 1.165) is 11.3 Å². The number of hydrogen-bond donors (Lipinski definition) is 0. The Hall–Kier alpha value is -1.99. The maximum atomic E-state index is 11.8. The van der Waals surface area contributed by atoms with Gasteiger partial charge in [0.2, 0.25) is 0 Å². The normalized spacial score (nSPS) is 10.3. The van der Waals surface area contributed by atoms with E-state index in [2.05, 4.69) is 4.98 Å². The fraction of sp³-hybridized carbons (Fsp3) is 0.167. The Morgan fingerprint density at radius 1 is 1.45 bits per heavy atom. The van der Waals surface area contributed by atoms with Gasteiger partial charge in [-0.25, -0.2) is 9.78 Å². The van der Waals surface area contributed by atoms with Crippen LogP contribution in [0.15, 0.2) is 24.3 Å². The lowest BCUT2D eigenvalue weighted by Crippen LogP contribution is -2.04. The first-order chi connectivity index (χ1) is 9.52. The van der Waals surface area contributed by atoms with E-state index in [-0.39, 0.29) is 21.6 Å². The number of nitro benzene ring substituents is 1. The van der Waals surface area contributed by atoms with Crippen LogP contribution in [0.5, 0.6) is 0 Å². The van der Waals surface area contributed by atoms with Crippen LogP contribution in [0.25, 0.3) is 11.3 Å². The average molecular weight is 313 g/mol. The number of ether oxygens (including phenoxy) is 1. The van der Waals surface area contributed by atoms with E-state index in [1.165, 1.54) is 24.3 Å². The van der Waals surface area contributed by atoms with E-state index in [1.807, 2.05) is 0 Å². The average Bonchev–Trinajstić information content (AvgIpc) is 2.81. The molecular formula is C12H9ClN2O4S. The zero-order valence-corrected chi connectivity index (χ0v) is 11.9. The van der Waals surface area contributed by atoms with Gasteiger partial charge in [-0.05, 0) is 19.1 Å². The predicted octanol–water partition coefficient (Wildman–Crippen LogP) is 3.55. The number of rotatable bonds is 4. The van der Waals surface area contributed by atoms with Gasteiger partial charge in [0.25, 0.3) is 5.69 Å². The van der Waals surface area contributed by atoms with Crippen LogP contribution in [-0.2, 0) is 4.74 Å². The van der Waals surface area contributed by atoms with Crippen LogP contribution in [0.3, 0.4) is 0 Å². The largest absolute Gasteiger partial charge is 0.462 e. The Morgan fingerprint density at radius 3 is 2.65 bits per heavy atom. The maximum absolute atomic E-state index is 11.8. The summed E-state index contributed by atoms with van der Waals surface area (Å²) in [5.41, 5.74) is 0.905. The van der Waals surface area contributed by atoms with Crippen LogP contribution >= 0.6 is 22.9 Å². The minimum absolute atomic E-state index is 0.0345. The quantitative estimate of drug-likeness (QED) is 0.490. The lowest BCUT2D eigenvalue weighted by Gasteiger charge is -2.02. The first-order valence-corrected chi connectivity index (χ1v) is 6.80. The van der Waals surface area contributed by atoms with Gasteiger partial charge >= 0.3 is 5.97 Å². The standard InChI is InChI=1S/C12H9ClN2O4S/c1-2-19-11(16)10-9(14-12(13)20-10)7-3-5-8(6-4-7)15(17)18/h3-6H,2H2,1H3. The molecule has 0 unspecified atom stereocenters. The van der Waals surface area contributed by atoms with Crippen molar-refractivity contribution in [3.8, 4) is 11.3 Å². The minimum Gasteiger partial charge on any atom is -0.462 e. The summed E-state index contributed by atoms with van der Waals surface area (Å²) < 4.78 is 5.14. The Kier molecular flexibility index (Phi) is 4.31. The Bertz CT molecular complexity index is 654. The Morgan fingerprint density at radius 2 is 2.10 bits per heavy atom. The topological polar surface area (TPSA) is 82.3 Å². The van der Waals surface area contributed by atoms with Crippen molar-refractivity contribution < 1.29 is 14.5 Å². The van der Waals surface area contributed by atoms with Crippen molar-refractivity contribution in [3.05, 3.63) is 43.7 Å². The molecule has 0 atom stereocenters. The molecule has 0 aliphatic rings. The highest BCUT2D eigenvalue weighted by Crippen LogP contribution is 2.32. The number of carbonyl (C=O) groups excluding carboxylic acids is 1. The van der Waals surface area contributed by atoms with Gasteiger partial charge in [0, 0.05) is 17.7 Å². The molecule has 2 aromatic rings. The molecule has 0 fully saturated rings. The molecule has 8 heteroatoms. The van der Waals surface area contributed by atoms with Gasteiger partial charge in [0.1, 0.15) is 4.88 Å². The summed E-state index contributed by atoms with van der Waals surface area (Å²) in [5.74, 6) is -0.509. The highest BCUT2D eigenvalue weighted by molar-refractivity contribution is 7.17. The SMILES string of the molecule is CCOC(=O)c1sc(Cl)nc1-c1ccc([N+](=O)[O-])cc1. The fourth-order valence-electron chi connectivity index (χ4n) is 1.57. The van der Waals surface area contributed by atoms with Crippen molar-refractivity contribution >= 4 is 34.6 Å². The third-order valence-electron chi connectivity index (χ3n) is 2.41. The molecule has 1 aromatic heterocycles. The third-order valence-corrected chi connectivity index (χ3v) is 3.55. The molecule has 0 N–H and O–H groups in total. The van der Waals surface area contributed by atoms with Crippen LogP contribution in [0.4, 0.5) is 5.69 Å². The summed E-state index contributed by atoms with van der Waals surface area (Å²) in [4.78, 5) is 26.3. The second kappa shape index (κ2) is 5.98. The predicted molar refractivity (Wildman–Crippen MR) is 75.2 cm³/mol. The second-order valence-corrected chi connectivity index (χ2v) is 5.25. The van der Waals surface area contributed by atoms with Crippen molar-refractivity contribution in [2.75, 3.05) is 6.61 Å². The van der Waals surface area contributed by atoms with E-state index < -0.39 is 10.9 Å². The van der Waals surface area contributed by atoms with Crippen LogP contribution in [0.1, 0.15) is 16.6 Å². The summed E-state index contributed by atoms with van der Waals surface area (Å²) in [5, 5.41) is 10.6. The molecule has 20 heavy (non-hydrogen) atoms. The van der Waals surface area contributed by atoms with Crippen molar-refractivity contribution in [1.29, 1.82) is 0 Å². The number of thiazole rings is 1. The number of nitro groups is 1. The molecule has 2 rings (SSSR count). The lowest BCUT2D eigenvalue weighted by atomic mass is 10.1. The minimum atomic E-state index is -0.509. The van der Waals surface area contributed by atoms with Gasteiger partial charge < -0.3 is 4.74 Å².